The summed E-state index contributed by atoms with van der Waals surface area (Å²) in [5.41, 5.74) is 0.824. The zero-order chi connectivity index (χ0) is 12.3. The van der Waals surface area contributed by atoms with E-state index in [-0.39, 0.29) is 5.82 Å². The summed E-state index contributed by atoms with van der Waals surface area (Å²) in [5, 5.41) is 8.87. The Bertz CT molecular complexity index is 516. The summed E-state index contributed by atoms with van der Waals surface area (Å²) in [6, 6.07) is 4.51. The van der Waals surface area contributed by atoms with Crippen LogP contribution in [0, 0.1) is 12.7 Å². The van der Waals surface area contributed by atoms with Crippen LogP contribution in [0.15, 0.2) is 22.5 Å². The van der Waals surface area contributed by atoms with Crippen molar-refractivity contribution in [1.29, 1.82) is 0 Å². The lowest BCUT2D eigenvalue weighted by molar-refractivity contribution is 0.410. The molecule has 0 fully saturated rings. The van der Waals surface area contributed by atoms with E-state index in [1.807, 2.05) is 6.92 Å². The average molecular weight is 270 g/mol. The first-order valence-electron chi connectivity index (χ1n) is 4.94. The van der Waals surface area contributed by atoms with Crippen molar-refractivity contribution >= 4 is 23.1 Å². The predicted molar refractivity (Wildman–Crippen MR) is 67.2 cm³/mol. The molecule has 17 heavy (non-hydrogen) atoms. The Morgan fingerprint density at radius 2 is 2.24 bits per heavy atom. The van der Waals surface area contributed by atoms with Crippen molar-refractivity contribution < 1.29 is 9.13 Å². The summed E-state index contributed by atoms with van der Waals surface area (Å²) in [5.74, 6) is 1.06. The molecule has 0 N–H and O–H groups in total. The minimum absolute atomic E-state index is 0.255. The molecule has 0 saturated carbocycles. The number of hydrogen-bond donors (Lipinski definition) is 0. The van der Waals surface area contributed by atoms with Crippen LogP contribution in [0.5, 0.6) is 5.75 Å². The fourth-order valence-corrected chi connectivity index (χ4v) is 3.13. The van der Waals surface area contributed by atoms with Gasteiger partial charge >= 0.3 is 0 Å². The third-order valence-electron chi connectivity index (χ3n) is 2.10. The molecule has 1 heterocycles. The molecule has 3 nitrogen and oxygen atoms in total. The first-order chi connectivity index (χ1) is 8.19. The number of aromatic nitrogens is 2. The predicted octanol–water partition coefficient (Wildman–Crippen LogP) is 3.29. The van der Waals surface area contributed by atoms with Crippen LogP contribution in [0.1, 0.15) is 10.6 Å². The SMILES string of the molecule is COc1ccc(F)cc1CSc1nnc(C)s1. The molecule has 0 saturated heterocycles. The number of ether oxygens (including phenoxy) is 1. The Hall–Kier alpha value is -1.14. The molecule has 0 spiro atoms. The van der Waals surface area contributed by atoms with Crippen LogP contribution in [0.3, 0.4) is 0 Å². The van der Waals surface area contributed by atoms with Gasteiger partial charge in [0, 0.05) is 11.3 Å². The highest BCUT2D eigenvalue weighted by atomic mass is 32.2. The average Bonchev–Trinajstić information content (AvgIpc) is 2.73. The largest absolute Gasteiger partial charge is 0.496 e. The zero-order valence-electron chi connectivity index (χ0n) is 9.44. The second-order valence-electron chi connectivity index (χ2n) is 3.33. The van der Waals surface area contributed by atoms with Crippen LogP contribution < -0.4 is 4.74 Å². The highest BCUT2D eigenvalue weighted by Crippen LogP contribution is 2.29. The molecule has 0 unspecified atom stereocenters. The molecule has 0 aliphatic heterocycles. The molecule has 2 aromatic rings. The monoisotopic (exact) mass is 270 g/mol. The van der Waals surface area contributed by atoms with Crippen molar-refractivity contribution in [2.75, 3.05) is 7.11 Å². The summed E-state index contributed by atoms with van der Waals surface area (Å²) in [4.78, 5) is 0. The minimum Gasteiger partial charge on any atom is -0.496 e. The Labute approximate surface area is 107 Å². The van der Waals surface area contributed by atoms with Gasteiger partial charge in [-0.25, -0.2) is 4.39 Å². The van der Waals surface area contributed by atoms with Gasteiger partial charge in [0.25, 0.3) is 0 Å². The number of benzene rings is 1. The number of aryl methyl sites for hydroxylation is 1. The van der Waals surface area contributed by atoms with Crippen molar-refractivity contribution in [3.8, 4) is 5.75 Å². The summed E-state index contributed by atoms with van der Waals surface area (Å²) >= 11 is 3.06. The smallest absolute Gasteiger partial charge is 0.174 e. The number of nitrogens with zero attached hydrogens (tertiary/aromatic N) is 2. The second-order valence-corrected chi connectivity index (χ2v) is 5.74. The molecular weight excluding hydrogens is 259 g/mol. The molecule has 1 aromatic heterocycles. The summed E-state index contributed by atoms with van der Waals surface area (Å²) in [6.07, 6.45) is 0. The number of halogens is 1. The number of thioether (sulfide) groups is 1. The van der Waals surface area contributed by atoms with Gasteiger partial charge in [-0.2, -0.15) is 0 Å². The van der Waals surface area contributed by atoms with E-state index in [1.165, 1.54) is 35.2 Å². The fraction of sp³-hybridized carbons (Fsp3) is 0.273. The van der Waals surface area contributed by atoms with Crippen molar-refractivity contribution in [1.82, 2.24) is 10.2 Å². The van der Waals surface area contributed by atoms with Gasteiger partial charge in [0.2, 0.25) is 0 Å². The van der Waals surface area contributed by atoms with Crippen LogP contribution in [-0.2, 0) is 5.75 Å². The Morgan fingerprint density at radius 1 is 1.41 bits per heavy atom. The molecule has 1 aromatic carbocycles. The summed E-state index contributed by atoms with van der Waals surface area (Å²) in [6.45, 7) is 1.91. The lowest BCUT2D eigenvalue weighted by Crippen LogP contribution is -1.91. The Kier molecular flexibility index (Phi) is 3.96. The normalized spacial score (nSPS) is 10.5. The Morgan fingerprint density at radius 3 is 2.88 bits per heavy atom. The van der Waals surface area contributed by atoms with E-state index in [0.717, 1.165) is 14.9 Å². The molecule has 0 amide bonds. The molecule has 0 atom stereocenters. The maximum absolute atomic E-state index is 13.1. The van der Waals surface area contributed by atoms with Crippen LogP contribution in [0.25, 0.3) is 0 Å². The van der Waals surface area contributed by atoms with E-state index in [9.17, 15) is 4.39 Å². The van der Waals surface area contributed by atoms with E-state index in [4.69, 9.17) is 4.74 Å². The van der Waals surface area contributed by atoms with Gasteiger partial charge in [0.05, 0.1) is 7.11 Å². The number of methoxy groups -OCH3 is 1. The number of hydrogen-bond acceptors (Lipinski definition) is 5. The van der Waals surface area contributed by atoms with E-state index < -0.39 is 0 Å². The van der Waals surface area contributed by atoms with Gasteiger partial charge in [-0.05, 0) is 25.1 Å². The third-order valence-corrected chi connectivity index (χ3v) is 4.12. The second kappa shape index (κ2) is 5.46. The van der Waals surface area contributed by atoms with Crippen LogP contribution in [0.2, 0.25) is 0 Å². The standard InChI is InChI=1S/C11H11FN2OS2/c1-7-13-14-11(17-7)16-6-8-5-9(12)3-4-10(8)15-2/h3-5H,6H2,1-2H3. The summed E-state index contributed by atoms with van der Waals surface area (Å²) < 4.78 is 19.2. The Balaban J connectivity index is 2.10. The highest BCUT2D eigenvalue weighted by molar-refractivity contribution is 8.00. The number of rotatable bonds is 4. The van der Waals surface area contributed by atoms with Crippen LogP contribution >= 0.6 is 23.1 Å². The van der Waals surface area contributed by atoms with E-state index >= 15 is 0 Å². The topological polar surface area (TPSA) is 35.0 Å². The fourth-order valence-electron chi connectivity index (χ4n) is 1.34. The molecule has 90 valence electrons. The van der Waals surface area contributed by atoms with Crippen LogP contribution in [0.4, 0.5) is 4.39 Å². The molecule has 0 aliphatic rings. The molecule has 2 rings (SSSR count). The van der Waals surface area contributed by atoms with Gasteiger partial charge in [0.15, 0.2) is 4.34 Å². The quantitative estimate of drug-likeness (QED) is 0.799. The maximum Gasteiger partial charge on any atom is 0.174 e. The molecule has 0 bridgehead atoms. The van der Waals surface area contributed by atoms with E-state index in [2.05, 4.69) is 10.2 Å². The van der Waals surface area contributed by atoms with Gasteiger partial charge in [-0.3, -0.25) is 0 Å². The van der Waals surface area contributed by atoms with Crippen molar-refractivity contribution in [2.24, 2.45) is 0 Å². The molecular formula is C11H11FN2OS2. The molecule has 6 heteroatoms. The summed E-state index contributed by atoms with van der Waals surface area (Å²) in [7, 11) is 1.58. The van der Waals surface area contributed by atoms with Crippen molar-refractivity contribution in [2.45, 2.75) is 17.0 Å². The van der Waals surface area contributed by atoms with Crippen molar-refractivity contribution in [3.63, 3.8) is 0 Å². The van der Waals surface area contributed by atoms with Crippen molar-refractivity contribution in [3.05, 3.63) is 34.6 Å². The third kappa shape index (κ3) is 3.17. The van der Waals surface area contributed by atoms with Gasteiger partial charge < -0.3 is 4.74 Å². The van der Waals surface area contributed by atoms with Gasteiger partial charge in [0.1, 0.15) is 16.6 Å². The lowest BCUT2D eigenvalue weighted by Gasteiger charge is -2.06. The first-order valence-corrected chi connectivity index (χ1v) is 6.74. The zero-order valence-corrected chi connectivity index (χ0v) is 11.1. The van der Waals surface area contributed by atoms with Crippen LogP contribution in [-0.4, -0.2) is 17.3 Å². The van der Waals surface area contributed by atoms with E-state index in [0.29, 0.717) is 11.5 Å². The first kappa shape index (κ1) is 12.3. The molecule has 0 radical (unpaired) electrons. The molecule has 0 aliphatic carbocycles. The maximum atomic E-state index is 13.1. The van der Waals surface area contributed by atoms with E-state index in [1.54, 1.807) is 13.2 Å². The van der Waals surface area contributed by atoms with Gasteiger partial charge in [-0.1, -0.05) is 23.1 Å². The lowest BCUT2D eigenvalue weighted by atomic mass is 10.2. The van der Waals surface area contributed by atoms with Gasteiger partial charge in [-0.15, -0.1) is 10.2 Å². The minimum atomic E-state index is -0.255. The highest BCUT2D eigenvalue weighted by Gasteiger charge is 2.07.